The number of carbonyl (C=O) groups is 6. The molecule has 0 saturated carbocycles. The van der Waals surface area contributed by atoms with Crippen molar-refractivity contribution in [1.29, 1.82) is 0 Å². The Hall–Kier alpha value is -11.0. The van der Waals surface area contributed by atoms with Crippen LogP contribution < -0.4 is 101 Å². The summed E-state index contributed by atoms with van der Waals surface area (Å²) >= 11 is 0. The molecule has 128 heavy (non-hydrogen) atoms. The van der Waals surface area contributed by atoms with Crippen LogP contribution in [0.3, 0.4) is 0 Å². The quantitative estimate of drug-likeness (QED) is 0.0143. The lowest BCUT2D eigenvalue weighted by Gasteiger charge is -2.35. The van der Waals surface area contributed by atoms with Crippen LogP contribution in [-0.4, -0.2) is 307 Å². The molecule has 44 heteroatoms. The number of hydrogen-bond acceptors (Lipinski definition) is 24. The standard InChI is InChI=1S/C84H166N34O10/c1-69(85)100-40-22-4-12-30-48-115(49-31-13-5-23-41-101-71(86)87)81(121)125-65-60-113(61-66-126-82(122)116(50-32-14-6-24-42-102-72(88)89)51-33-15-7-25-43-103-73(90)91)79-108-78(112-58-56-111(57-59-112)70(120)39-21-3-2-20-38-64-119)109-80(110-79)114(62-67-127-83(123)117(52-34-16-8-26-44-104-74(92)93)53-35-17-9-27-45-105-75(94)95)63-68-128-84(124)118(54-36-18-10-28-46-106-76(96)97)55-37-19-11-29-47-107-77(98)99/h64H,2-63,65-68H2,1H3,(H2,85,100)(H4,86,87,101)(H4,88,89,102)(H4,90,91,103)(H4,92,93,104)(H4,94,95,105)(H4,96,97,106)(H4,98,99,107). The Morgan fingerprint density at radius 2 is 0.523 bits per heavy atom. The molecule has 0 bridgehead atoms. The minimum absolute atomic E-state index is 0.00724. The molecule has 2 heterocycles. The monoisotopic (exact) mass is 1810 g/mol. The number of nitrogens with two attached hydrogens (primary N) is 15. The van der Waals surface area contributed by atoms with Gasteiger partial charge in [-0.2, -0.15) is 15.0 Å². The van der Waals surface area contributed by atoms with Crippen LogP contribution in [0.2, 0.25) is 0 Å². The average molecular weight is 1810 g/mol. The fraction of sp³-hybridized carbons (Fsp3) is 0.798. The van der Waals surface area contributed by atoms with Gasteiger partial charge in [-0.3, -0.25) is 44.7 Å². The molecule has 1 aliphatic heterocycles. The second-order valence-electron chi connectivity index (χ2n) is 32.1. The highest BCUT2D eigenvalue weighted by molar-refractivity contribution is 5.79. The van der Waals surface area contributed by atoms with Gasteiger partial charge in [0.05, 0.1) is 32.0 Å². The third-order valence-electron chi connectivity index (χ3n) is 21.0. The number of aliphatic imine (C=N–C) groups is 8. The van der Waals surface area contributed by atoms with Gasteiger partial charge in [-0.05, 0) is 122 Å². The molecule has 0 aromatic carbocycles. The number of nitrogens with zero attached hydrogens (tertiary/aromatic N) is 19. The van der Waals surface area contributed by atoms with Crippen LogP contribution in [0.15, 0.2) is 39.9 Å². The summed E-state index contributed by atoms with van der Waals surface area (Å²) < 4.78 is 25.1. The first kappa shape index (κ1) is 113. The number of guanidine groups is 7. The highest BCUT2D eigenvalue weighted by Gasteiger charge is 2.29. The average Bonchev–Trinajstić information content (AvgIpc) is 0.804. The molecular weight excluding hydrogens is 1650 g/mol. The van der Waals surface area contributed by atoms with E-state index in [9.17, 15) is 28.8 Å². The summed E-state index contributed by atoms with van der Waals surface area (Å²) in [6, 6.07) is 0. The first-order valence-electron chi connectivity index (χ1n) is 46.8. The summed E-state index contributed by atoms with van der Waals surface area (Å²) in [7, 11) is 0. The van der Waals surface area contributed by atoms with Gasteiger partial charge in [0.2, 0.25) is 23.8 Å². The molecule has 1 aliphatic rings. The molecule has 0 radical (unpaired) electrons. The van der Waals surface area contributed by atoms with Gasteiger partial charge < -0.3 is 149 Å². The highest BCUT2D eigenvalue weighted by atomic mass is 16.6. The van der Waals surface area contributed by atoms with Gasteiger partial charge in [-0.25, -0.2) is 19.2 Å². The number of carbonyl (C=O) groups excluding carboxylic acids is 6. The Morgan fingerprint density at radius 3 is 0.758 bits per heavy atom. The van der Waals surface area contributed by atoms with Gasteiger partial charge in [0, 0.05) is 144 Å². The summed E-state index contributed by atoms with van der Waals surface area (Å²) in [4.78, 5) is 147. The maximum Gasteiger partial charge on any atom is 0.409 e. The second kappa shape index (κ2) is 75.0. The van der Waals surface area contributed by atoms with Crippen molar-refractivity contribution < 1.29 is 47.7 Å². The molecular formula is C84H166N34O10. The van der Waals surface area contributed by atoms with E-state index < -0.39 is 24.4 Å². The van der Waals surface area contributed by atoms with E-state index in [1.165, 1.54) is 0 Å². The minimum atomic E-state index is -0.530. The molecule has 732 valence electrons. The van der Waals surface area contributed by atoms with Crippen molar-refractivity contribution in [3.05, 3.63) is 0 Å². The number of aldehydes is 1. The number of hydrogen-bond donors (Lipinski definition) is 15. The largest absolute Gasteiger partial charge is 0.448 e. The highest BCUT2D eigenvalue weighted by Crippen LogP contribution is 2.24. The molecule has 5 amide bonds. The smallest absolute Gasteiger partial charge is 0.409 e. The van der Waals surface area contributed by atoms with Crippen molar-refractivity contribution in [3.8, 4) is 0 Å². The summed E-state index contributed by atoms with van der Waals surface area (Å²) in [5, 5.41) is 0. The van der Waals surface area contributed by atoms with E-state index in [1.807, 2.05) is 9.80 Å². The number of anilines is 3. The van der Waals surface area contributed by atoms with E-state index in [0.29, 0.717) is 207 Å². The van der Waals surface area contributed by atoms with E-state index in [-0.39, 0.29) is 118 Å². The first-order chi connectivity index (χ1) is 61.8. The molecule has 1 saturated heterocycles. The zero-order chi connectivity index (χ0) is 93.8. The lowest BCUT2D eigenvalue weighted by atomic mass is 10.1. The van der Waals surface area contributed by atoms with Crippen LogP contribution in [0.1, 0.15) is 251 Å². The molecule has 30 N–H and O–H groups in total. The van der Waals surface area contributed by atoms with Gasteiger partial charge in [0.15, 0.2) is 41.7 Å². The zero-order valence-corrected chi connectivity index (χ0v) is 77.5. The summed E-state index contributed by atoms with van der Waals surface area (Å²) in [6.45, 7) is 9.76. The maximum atomic E-state index is 14.6. The minimum Gasteiger partial charge on any atom is -0.448 e. The third-order valence-corrected chi connectivity index (χ3v) is 21.0. The van der Waals surface area contributed by atoms with Gasteiger partial charge in [0.1, 0.15) is 32.7 Å². The van der Waals surface area contributed by atoms with Crippen molar-refractivity contribution in [3.63, 3.8) is 0 Å². The molecule has 1 aromatic heterocycles. The van der Waals surface area contributed by atoms with E-state index in [2.05, 4.69) is 39.9 Å². The predicted octanol–water partition coefficient (Wildman–Crippen LogP) is 4.20. The van der Waals surface area contributed by atoms with Crippen molar-refractivity contribution in [1.82, 2.24) is 39.5 Å². The molecule has 44 nitrogen and oxygen atoms in total. The zero-order valence-electron chi connectivity index (χ0n) is 77.5. The number of rotatable bonds is 78. The van der Waals surface area contributed by atoms with Crippen molar-refractivity contribution in [2.75, 3.05) is 198 Å². The fourth-order valence-electron chi connectivity index (χ4n) is 13.9. The summed E-state index contributed by atoms with van der Waals surface area (Å²) in [5.74, 6) is 1.20. The summed E-state index contributed by atoms with van der Waals surface area (Å²) in [5.41, 5.74) is 84.3. The van der Waals surface area contributed by atoms with Crippen molar-refractivity contribution in [2.24, 2.45) is 126 Å². The first-order valence-corrected chi connectivity index (χ1v) is 46.8. The van der Waals surface area contributed by atoms with E-state index in [1.54, 1.807) is 36.3 Å². The van der Waals surface area contributed by atoms with E-state index in [0.717, 1.165) is 180 Å². The van der Waals surface area contributed by atoms with E-state index >= 15 is 0 Å². The molecule has 0 unspecified atom stereocenters. The van der Waals surface area contributed by atoms with E-state index in [4.69, 9.17) is 120 Å². The van der Waals surface area contributed by atoms with Crippen LogP contribution in [0.5, 0.6) is 0 Å². The lowest BCUT2D eigenvalue weighted by Crippen LogP contribution is -2.49. The summed E-state index contributed by atoms with van der Waals surface area (Å²) in [6.07, 6.45) is 27.7. The Kier molecular flexibility index (Phi) is 66.3. The van der Waals surface area contributed by atoms with Gasteiger partial charge in [-0.15, -0.1) is 0 Å². The maximum absolute atomic E-state index is 14.6. The Labute approximate surface area is 760 Å². The van der Waals surface area contributed by atoms with Crippen LogP contribution in [0.25, 0.3) is 0 Å². The van der Waals surface area contributed by atoms with Gasteiger partial charge in [-0.1, -0.05) is 116 Å². The molecule has 0 spiro atoms. The van der Waals surface area contributed by atoms with Crippen LogP contribution in [0, 0.1) is 0 Å². The van der Waals surface area contributed by atoms with Gasteiger partial charge >= 0.3 is 24.4 Å². The number of ether oxygens (including phenoxy) is 4. The van der Waals surface area contributed by atoms with Crippen LogP contribution >= 0.6 is 0 Å². The third kappa shape index (κ3) is 62.2. The van der Waals surface area contributed by atoms with Crippen LogP contribution in [0.4, 0.5) is 37.0 Å². The van der Waals surface area contributed by atoms with Gasteiger partial charge in [0.25, 0.3) is 0 Å². The van der Waals surface area contributed by atoms with Crippen molar-refractivity contribution >= 4 is 102 Å². The Balaban J connectivity index is 3.03. The lowest BCUT2D eigenvalue weighted by molar-refractivity contribution is -0.131. The number of amides is 5. The number of amidine groups is 1. The predicted molar refractivity (Wildman–Crippen MR) is 513 cm³/mol. The van der Waals surface area contributed by atoms with Crippen molar-refractivity contribution in [2.45, 2.75) is 251 Å². The Morgan fingerprint density at radius 1 is 0.297 bits per heavy atom. The fourth-order valence-corrected chi connectivity index (χ4v) is 13.9. The second-order valence-corrected chi connectivity index (χ2v) is 32.1. The number of unbranched alkanes of at least 4 members (excludes halogenated alkanes) is 28. The molecule has 0 aliphatic carbocycles. The number of piperazine rings is 1. The molecule has 0 atom stereocenters. The molecule has 2 rings (SSSR count). The topological polar surface area (TPSA) is 693 Å². The van der Waals surface area contributed by atoms with Crippen LogP contribution in [-0.2, 0) is 28.5 Å². The number of aromatic nitrogens is 3. The SMILES string of the molecule is CC(N)=NCCCCCCN(CCCCCCN=C(N)N)C(=O)OCCN(CCOC(=O)N(CCCCCCN=C(N)N)CCCCCCN=C(N)N)c1nc(N(CCOC(=O)N(CCCCCCN=C(N)N)CCCCCCN=C(N)N)CCOC(=O)N(CCCCCCN=C(N)N)CCCCCCN=C(N)N)nc(N2CCN(C(=O)CCCCCCC=O)CC2)n1. The molecule has 1 fully saturated rings. The molecule has 1 aromatic rings. The Bertz CT molecular complexity index is 2900. The normalized spacial score (nSPS) is 11.8.